The molecule has 1 amide bonds. The maximum Gasteiger partial charge on any atom is 0.263 e. The van der Waals surface area contributed by atoms with Crippen LogP contribution in [-0.4, -0.2) is 58.2 Å². The van der Waals surface area contributed by atoms with E-state index in [9.17, 15) is 9.90 Å². The predicted octanol–water partition coefficient (Wildman–Crippen LogP) is 0.736. The van der Waals surface area contributed by atoms with Crippen molar-refractivity contribution in [2.75, 3.05) is 36.9 Å². The van der Waals surface area contributed by atoms with E-state index in [-0.39, 0.29) is 12.5 Å². The number of carbonyl (C=O) groups is 1. The average molecular weight is 348 g/mol. The van der Waals surface area contributed by atoms with Crippen LogP contribution in [0, 0.1) is 0 Å². The van der Waals surface area contributed by atoms with Gasteiger partial charge in [0.15, 0.2) is 0 Å². The molecule has 128 valence electrons. The highest BCUT2D eigenvalue weighted by Crippen LogP contribution is 2.25. The van der Waals surface area contributed by atoms with Crippen molar-refractivity contribution in [3.05, 3.63) is 29.0 Å². The van der Waals surface area contributed by atoms with Crippen molar-refractivity contribution in [2.24, 2.45) is 0 Å². The lowest BCUT2D eigenvalue weighted by Gasteiger charge is -2.39. The van der Waals surface area contributed by atoms with Crippen LogP contribution >= 0.6 is 11.3 Å². The Labute approximate surface area is 144 Å². The van der Waals surface area contributed by atoms with Gasteiger partial charge in [0.1, 0.15) is 22.8 Å². The highest BCUT2D eigenvalue weighted by atomic mass is 32.1. The number of aliphatic hydroxyl groups is 1. The topological polar surface area (TPSA) is 103 Å². The number of anilines is 2. The second kappa shape index (κ2) is 7.10. The number of nitrogens with one attached hydrogen (secondary N) is 2. The van der Waals surface area contributed by atoms with E-state index in [1.54, 1.807) is 12.6 Å². The molecule has 1 atom stereocenters. The molecule has 2 aromatic heterocycles. The molecule has 2 aromatic rings. The van der Waals surface area contributed by atoms with Gasteiger partial charge in [-0.3, -0.25) is 9.78 Å². The number of nitrogens with zero attached hydrogens (tertiary/aromatic N) is 4. The van der Waals surface area contributed by atoms with Gasteiger partial charge in [0.2, 0.25) is 0 Å². The first kappa shape index (κ1) is 16.6. The summed E-state index contributed by atoms with van der Waals surface area (Å²) in [7, 11) is 1.80. The first-order valence-electron chi connectivity index (χ1n) is 7.73. The van der Waals surface area contributed by atoms with E-state index in [1.807, 2.05) is 11.0 Å². The van der Waals surface area contributed by atoms with E-state index < -0.39 is 5.60 Å². The van der Waals surface area contributed by atoms with Crippen LogP contribution in [0.5, 0.6) is 0 Å². The lowest BCUT2D eigenvalue weighted by atomic mass is 9.92. The van der Waals surface area contributed by atoms with E-state index in [1.165, 1.54) is 23.9 Å². The maximum absolute atomic E-state index is 12.0. The standard InChI is InChI=1S/C15H20N6O2S/c1-16-12-5-13(20-9-19-12)21-4-2-3-15(23,8-21)7-18-14(22)11-6-17-10-24-11/h5-6,9-10,23H,2-4,7-8H2,1H3,(H,18,22)(H,16,19,20)/t15-/m0/s1. The first-order valence-corrected chi connectivity index (χ1v) is 8.61. The van der Waals surface area contributed by atoms with E-state index >= 15 is 0 Å². The zero-order valence-electron chi connectivity index (χ0n) is 13.4. The van der Waals surface area contributed by atoms with E-state index in [2.05, 4.69) is 25.6 Å². The Hall–Kier alpha value is -2.26. The van der Waals surface area contributed by atoms with Crippen molar-refractivity contribution >= 4 is 28.9 Å². The third-order valence-corrected chi connectivity index (χ3v) is 4.79. The van der Waals surface area contributed by atoms with Gasteiger partial charge in [-0.15, -0.1) is 11.3 Å². The van der Waals surface area contributed by atoms with Gasteiger partial charge in [-0.1, -0.05) is 0 Å². The van der Waals surface area contributed by atoms with Crippen molar-refractivity contribution in [2.45, 2.75) is 18.4 Å². The molecule has 3 heterocycles. The molecule has 1 aliphatic rings. The summed E-state index contributed by atoms with van der Waals surface area (Å²) in [5.74, 6) is 1.29. The number of aromatic nitrogens is 3. The zero-order chi connectivity index (χ0) is 17.0. The average Bonchev–Trinajstić information content (AvgIpc) is 3.14. The molecule has 1 fully saturated rings. The van der Waals surface area contributed by atoms with Crippen LogP contribution in [0.4, 0.5) is 11.6 Å². The monoisotopic (exact) mass is 348 g/mol. The minimum absolute atomic E-state index is 0.199. The number of carbonyl (C=O) groups excluding carboxylic acids is 1. The predicted molar refractivity (Wildman–Crippen MR) is 92.4 cm³/mol. The minimum Gasteiger partial charge on any atom is -0.386 e. The smallest absolute Gasteiger partial charge is 0.263 e. The summed E-state index contributed by atoms with van der Waals surface area (Å²) >= 11 is 1.28. The fourth-order valence-corrected chi connectivity index (χ4v) is 3.30. The Bertz CT molecular complexity index is 695. The number of piperidine rings is 1. The first-order chi connectivity index (χ1) is 11.6. The van der Waals surface area contributed by atoms with E-state index in [0.29, 0.717) is 17.8 Å². The summed E-state index contributed by atoms with van der Waals surface area (Å²) in [6.45, 7) is 1.42. The Kier molecular flexibility index (Phi) is 4.91. The molecule has 3 N–H and O–H groups in total. The summed E-state index contributed by atoms with van der Waals surface area (Å²) < 4.78 is 0. The molecule has 9 heteroatoms. The van der Waals surface area contributed by atoms with Crippen LogP contribution in [0.15, 0.2) is 24.1 Å². The van der Waals surface area contributed by atoms with Crippen molar-refractivity contribution in [1.29, 1.82) is 0 Å². The fourth-order valence-electron chi connectivity index (χ4n) is 2.77. The summed E-state index contributed by atoms with van der Waals surface area (Å²) in [4.78, 5) is 26.9. The Morgan fingerprint density at radius 3 is 3.12 bits per heavy atom. The number of hydrogen-bond donors (Lipinski definition) is 3. The lowest BCUT2D eigenvalue weighted by molar-refractivity contribution is 0.0255. The second-order valence-electron chi connectivity index (χ2n) is 5.81. The molecule has 0 spiro atoms. The molecular weight excluding hydrogens is 328 g/mol. The molecule has 0 aromatic carbocycles. The number of hydrogen-bond acceptors (Lipinski definition) is 8. The number of thiazole rings is 1. The number of β-amino-alcohol motifs (C(OH)–C–C–N with tert-alkyl or cyclic N) is 1. The Morgan fingerprint density at radius 2 is 2.38 bits per heavy atom. The number of rotatable bonds is 5. The van der Waals surface area contributed by atoms with Gasteiger partial charge in [-0.05, 0) is 12.8 Å². The normalized spacial score (nSPS) is 20.7. The highest BCUT2D eigenvalue weighted by molar-refractivity contribution is 7.11. The molecule has 1 aliphatic heterocycles. The maximum atomic E-state index is 12.0. The van der Waals surface area contributed by atoms with Crippen LogP contribution in [0.1, 0.15) is 22.5 Å². The molecule has 0 saturated carbocycles. The van der Waals surface area contributed by atoms with Gasteiger partial charge in [0, 0.05) is 32.7 Å². The molecule has 1 saturated heterocycles. The van der Waals surface area contributed by atoms with Gasteiger partial charge >= 0.3 is 0 Å². The third-order valence-electron chi connectivity index (χ3n) is 4.02. The minimum atomic E-state index is -0.983. The molecule has 3 rings (SSSR count). The van der Waals surface area contributed by atoms with Crippen LogP contribution < -0.4 is 15.5 Å². The van der Waals surface area contributed by atoms with Gasteiger partial charge in [-0.25, -0.2) is 9.97 Å². The SMILES string of the molecule is CNc1cc(N2CCC[C@](O)(CNC(=O)c3cncs3)C2)ncn1. The van der Waals surface area contributed by atoms with Gasteiger partial charge < -0.3 is 20.6 Å². The Morgan fingerprint density at radius 1 is 1.50 bits per heavy atom. The van der Waals surface area contributed by atoms with Crippen molar-refractivity contribution in [3.8, 4) is 0 Å². The number of amides is 1. The molecule has 8 nitrogen and oxygen atoms in total. The highest BCUT2D eigenvalue weighted by Gasteiger charge is 2.34. The molecule has 0 unspecified atom stereocenters. The second-order valence-corrected chi connectivity index (χ2v) is 6.70. The summed E-state index contributed by atoms with van der Waals surface area (Å²) in [6, 6.07) is 1.85. The van der Waals surface area contributed by atoms with Crippen LogP contribution in [0.2, 0.25) is 0 Å². The lowest BCUT2D eigenvalue weighted by Crippen LogP contribution is -2.54. The van der Waals surface area contributed by atoms with Gasteiger partial charge in [0.25, 0.3) is 5.91 Å². The van der Waals surface area contributed by atoms with Crippen LogP contribution in [0.25, 0.3) is 0 Å². The van der Waals surface area contributed by atoms with Gasteiger partial charge in [-0.2, -0.15) is 0 Å². The molecular formula is C15H20N6O2S. The van der Waals surface area contributed by atoms with Crippen LogP contribution in [0.3, 0.4) is 0 Å². The molecule has 24 heavy (non-hydrogen) atoms. The summed E-state index contributed by atoms with van der Waals surface area (Å²) in [5.41, 5.74) is 0.629. The third kappa shape index (κ3) is 3.80. The Balaban J connectivity index is 1.64. The quantitative estimate of drug-likeness (QED) is 0.732. The zero-order valence-corrected chi connectivity index (χ0v) is 14.2. The molecule has 0 radical (unpaired) electrons. The van der Waals surface area contributed by atoms with Crippen molar-refractivity contribution < 1.29 is 9.90 Å². The van der Waals surface area contributed by atoms with Crippen molar-refractivity contribution in [1.82, 2.24) is 20.3 Å². The van der Waals surface area contributed by atoms with Gasteiger partial charge in [0.05, 0.1) is 17.3 Å². The largest absolute Gasteiger partial charge is 0.386 e. The molecule has 0 aliphatic carbocycles. The van der Waals surface area contributed by atoms with E-state index in [4.69, 9.17) is 0 Å². The van der Waals surface area contributed by atoms with E-state index in [0.717, 1.165) is 24.6 Å². The summed E-state index contributed by atoms with van der Waals surface area (Å²) in [6.07, 6.45) is 4.49. The molecule has 0 bridgehead atoms. The summed E-state index contributed by atoms with van der Waals surface area (Å²) in [5, 5.41) is 16.6. The van der Waals surface area contributed by atoms with Crippen molar-refractivity contribution in [3.63, 3.8) is 0 Å². The van der Waals surface area contributed by atoms with Crippen LogP contribution in [-0.2, 0) is 0 Å². The fraction of sp³-hybridized carbons (Fsp3) is 0.467.